The van der Waals surface area contributed by atoms with Crippen molar-refractivity contribution in [3.63, 3.8) is 0 Å². The number of amides is 1. The third-order valence-corrected chi connectivity index (χ3v) is 2.52. The molecule has 0 aliphatic rings. The lowest BCUT2D eigenvalue weighted by Crippen LogP contribution is -2.28. The van der Waals surface area contributed by atoms with E-state index in [0.29, 0.717) is 12.3 Å². The quantitative estimate of drug-likeness (QED) is 0.679. The summed E-state index contributed by atoms with van der Waals surface area (Å²) in [5.41, 5.74) is 0. The van der Waals surface area contributed by atoms with E-state index in [1.54, 1.807) is 12.1 Å². The number of carbonyl (C=O) groups excluding carboxylic acids is 1. The third-order valence-electron chi connectivity index (χ3n) is 2.52. The smallest absolute Gasteiger partial charge is 0.286 e. The molecule has 5 nitrogen and oxygen atoms in total. The fourth-order valence-corrected chi connectivity index (χ4v) is 1.56. The standard InChI is InChI=1S/C13H23N3O2.2ClH/c1-16(2)10-5-8-14-7-4-9-15-13(17)12-6-3-11-18-12;;/h3,6,11,14H,4-5,7-10H2,1-2H3,(H,15,17);2*1H. The van der Waals surface area contributed by atoms with Crippen LogP contribution in [-0.4, -0.2) is 51.1 Å². The Balaban J connectivity index is 0. The van der Waals surface area contributed by atoms with Crippen LogP contribution in [0.1, 0.15) is 23.4 Å². The average Bonchev–Trinajstić information content (AvgIpc) is 2.85. The van der Waals surface area contributed by atoms with Crippen LogP contribution < -0.4 is 10.6 Å². The molecule has 0 aliphatic heterocycles. The van der Waals surface area contributed by atoms with Crippen molar-refractivity contribution >= 4 is 30.7 Å². The van der Waals surface area contributed by atoms with Gasteiger partial charge in [-0.2, -0.15) is 0 Å². The highest BCUT2D eigenvalue weighted by Gasteiger charge is 2.06. The van der Waals surface area contributed by atoms with Crippen LogP contribution in [0.5, 0.6) is 0 Å². The predicted octanol–water partition coefficient (Wildman–Crippen LogP) is 1.78. The van der Waals surface area contributed by atoms with Gasteiger partial charge in [-0.3, -0.25) is 4.79 Å². The zero-order valence-electron chi connectivity index (χ0n) is 12.1. The van der Waals surface area contributed by atoms with Gasteiger partial charge in [-0.15, -0.1) is 24.8 Å². The first-order valence-corrected chi connectivity index (χ1v) is 6.37. The molecule has 0 aromatic carbocycles. The summed E-state index contributed by atoms with van der Waals surface area (Å²) >= 11 is 0. The van der Waals surface area contributed by atoms with Crippen molar-refractivity contribution in [2.24, 2.45) is 0 Å². The number of rotatable bonds is 9. The van der Waals surface area contributed by atoms with E-state index in [2.05, 4.69) is 29.6 Å². The normalized spacial score (nSPS) is 9.75. The first kappa shape index (κ1) is 21.5. The molecular formula is C13H25Cl2N3O2. The first-order chi connectivity index (χ1) is 8.70. The maximum absolute atomic E-state index is 11.5. The van der Waals surface area contributed by atoms with Gasteiger partial charge in [-0.05, 0) is 58.7 Å². The fourth-order valence-electron chi connectivity index (χ4n) is 1.56. The Morgan fingerprint density at radius 3 is 2.50 bits per heavy atom. The second-order valence-corrected chi connectivity index (χ2v) is 4.49. The maximum Gasteiger partial charge on any atom is 0.286 e. The number of nitrogens with one attached hydrogen (secondary N) is 2. The Morgan fingerprint density at radius 2 is 1.90 bits per heavy atom. The number of hydrogen-bond donors (Lipinski definition) is 2. The van der Waals surface area contributed by atoms with Gasteiger partial charge in [-0.25, -0.2) is 0 Å². The molecule has 118 valence electrons. The van der Waals surface area contributed by atoms with Gasteiger partial charge >= 0.3 is 0 Å². The molecule has 0 spiro atoms. The highest BCUT2D eigenvalue weighted by molar-refractivity contribution is 5.91. The summed E-state index contributed by atoms with van der Waals surface area (Å²) in [6, 6.07) is 3.37. The molecule has 1 rings (SSSR count). The van der Waals surface area contributed by atoms with Crippen LogP contribution in [0, 0.1) is 0 Å². The van der Waals surface area contributed by atoms with Crippen LogP contribution in [0.4, 0.5) is 0 Å². The molecule has 20 heavy (non-hydrogen) atoms. The summed E-state index contributed by atoms with van der Waals surface area (Å²) in [6.45, 7) is 3.71. The van der Waals surface area contributed by atoms with Crippen molar-refractivity contribution < 1.29 is 9.21 Å². The molecule has 1 amide bonds. The van der Waals surface area contributed by atoms with Gasteiger partial charge < -0.3 is 20.0 Å². The molecule has 0 radical (unpaired) electrons. The SMILES string of the molecule is CN(C)CCCNCCCNC(=O)c1ccco1.Cl.Cl. The van der Waals surface area contributed by atoms with E-state index >= 15 is 0 Å². The van der Waals surface area contributed by atoms with E-state index in [0.717, 1.165) is 32.5 Å². The van der Waals surface area contributed by atoms with Crippen molar-refractivity contribution in [2.45, 2.75) is 12.8 Å². The Kier molecular flexibility index (Phi) is 14.3. The number of carbonyl (C=O) groups is 1. The van der Waals surface area contributed by atoms with Gasteiger partial charge in [0.05, 0.1) is 6.26 Å². The van der Waals surface area contributed by atoms with Crippen LogP contribution in [-0.2, 0) is 0 Å². The second kappa shape index (κ2) is 13.2. The minimum absolute atomic E-state index is 0. The molecule has 0 atom stereocenters. The van der Waals surface area contributed by atoms with E-state index in [1.807, 2.05) is 0 Å². The van der Waals surface area contributed by atoms with Gasteiger partial charge in [0.1, 0.15) is 0 Å². The van der Waals surface area contributed by atoms with Gasteiger partial charge in [0.15, 0.2) is 5.76 Å². The van der Waals surface area contributed by atoms with Crippen LogP contribution >= 0.6 is 24.8 Å². The lowest BCUT2D eigenvalue weighted by Gasteiger charge is -2.09. The Bertz CT molecular complexity index is 332. The van der Waals surface area contributed by atoms with Crippen LogP contribution in [0.15, 0.2) is 22.8 Å². The lowest BCUT2D eigenvalue weighted by molar-refractivity contribution is 0.0925. The zero-order chi connectivity index (χ0) is 13.2. The van der Waals surface area contributed by atoms with E-state index in [4.69, 9.17) is 4.42 Å². The third kappa shape index (κ3) is 10.1. The molecule has 0 aliphatic carbocycles. The summed E-state index contributed by atoms with van der Waals surface area (Å²) in [6.07, 6.45) is 3.57. The van der Waals surface area contributed by atoms with Gasteiger partial charge in [0.25, 0.3) is 5.91 Å². The monoisotopic (exact) mass is 325 g/mol. The van der Waals surface area contributed by atoms with Crippen molar-refractivity contribution in [3.8, 4) is 0 Å². The topological polar surface area (TPSA) is 57.5 Å². The molecule has 0 saturated carbocycles. The van der Waals surface area contributed by atoms with Gasteiger partial charge in [-0.1, -0.05) is 0 Å². The molecule has 1 aromatic rings. The van der Waals surface area contributed by atoms with Gasteiger partial charge in [0, 0.05) is 6.54 Å². The summed E-state index contributed by atoms with van der Waals surface area (Å²) in [5.74, 6) is 0.224. The summed E-state index contributed by atoms with van der Waals surface area (Å²) < 4.78 is 5.00. The Labute approximate surface area is 133 Å². The Morgan fingerprint density at radius 1 is 1.20 bits per heavy atom. The van der Waals surface area contributed by atoms with E-state index in [9.17, 15) is 4.79 Å². The summed E-state index contributed by atoms with van der Waals surface area (Å²) in [5, 5.41) is 6.16. The highest BCUT2D eigenvalue weighted by atomic mass is 35.5. The first-order valence-electron chi connectivity index (χ1n) is 6.37. The molecule has 7 heteroatoms. The number of hydrogen-bond acceptors (Lipinski definition) is 4. The minimum Gasteiger partial charge on any atom is -0.459 e. The molecule has 1 heterocycles. The van der Waals surface area contributed by atoms with Crippen molar-refractivity contribution in [1.82, 2.24) is 15.5 Å². The highest BCUT2D eigenvalue weighted by Crippen LogP contribution is 1.98. The number of halogens is 2. The molecular weight excluding hydrogens is 301 g/mol. The van der Waals surface area contributed by atoms with Gasteiger partial charge in [0.2, 0.25) is 0 Å². The Hall–Kier alpha value is -0.750. The number of nitrogens with zero attached hydrogens (tertiary/aromatic N) is 1. The molecule has 0 bridgehead atoms. The fraction of sp³-hybridized carbons (Fsp3) is 0.615. The molecule has 0 fully saturated rings. The largest absolute Gasteiger partial charge is 0.459 e. The zero-order valence-corrected chi connectivity index (χ0v) is 13.7. The number of furan rings is 1. The summed E-state index contributed by atoms with van der Waals surface area (Å²) in [7, 11) is 4.15. The second-order valence-electron chi connectivity index (χ2n) is 4.49. The molecule has 0 unspecified atom stereocenters. The minimum atomic E-state index is -0.146. The van der Waals surface area contributed by atoms with Crippen molar-refractivity contribution in [3.05, 3.63) is 24.2 Å². The van der Waals surface area contributed by atoms with Crippen molar-refractivity contribution in [2.75, 3.05) is 40.3 Å². The van der Waals surface area contributed by atoms with Crippen LogP contribution in [0.2, 0.25) is 0 Å². The molecule has 0 saturated heterocycles. The molecule has 1 aromatic heterocycles. The summed E-state index contributed by atoms with van der Waals surface area (Å²) in [4.78, 5) is 13.7. The predicted molar refractivity (Wildman–Crippen MR) is 86.2 cm³/mol. The van der Waals surface area contributed by atoms with Crippen molar-refractivity contribution in [1.29, 1.82) is 0 Å². The van der Waals surface area contributed by atoms with Crippen LogP contribution in [0.25, 0.3) is 0 Å². The van der Waals surface area contributed by atoms with Crippen LogP contribution in [0.3, 0.4) is 0 Å². The van der Waals surface area contributed by atoms with E-state index < -0.39 is 0 Å². The lowest BCUT2D eigenvalue weighted by atomic mass is 10.3. The average molecular weight is 326 g/mol. The molecule has 2 N–H and O–H groups in total. The van der Waals surface area contributed by atoms with E-state index in [-0.39, 0.29) is 30.7 Å². The van der Waals surface area contributed by atoms with E-state index in [1.165, 1.54) is 6.26 Å². The maximum atomic E-state index is 11.5.